The third kappa shape index (κ3) is 2.97. The van der Waals surface area contributed by atoms with Crippen LogP contribution in [0.3, 0.4) is 0 Å². The topological polar surface area (TPSA) is 75.6 Å². The molecule has 0 spiro atoms. The number of carbonyl (C=O) groups excluding carboxylic acids is 1. The van der Waals surface area contributed by atoms with Crippen molar-refractivity contribution in [1.82, 2.24) is 24.8 Å². The normalized spacial score (nSPS) is 11.0. The van der Waals surface area contributed by atoms with Crippen molar-refractivity contribution < 1.29 is 4.79 Å². The number of fused-ring (bicyclic) bond motifs is 1. The predicted octanol–water partition coefficient (Wildman–Crippen LogP) is 3.30. The van der Waals surface area contributed by atoms with Gasteiger partial charge in [0.1, 0.15) is 17.8 Å². The number of aryl methyl sites for hydroxylation is 2. The van der Waals surface area contributed by atoms with Crippen molar-refractivity contribution >= 4 is 16.8 Å². The van der Waals surface area contributed by atoms with E-state index in [2.05, 4.69) is 40.2 Å². The molecule has 0 saturated carbocycles. The van der Waals surface area contributed by atoms with E-state index in [1.165, 1.54) is 11.1 Å². The number of nitrogens with zero attached hydrogens (tertiary/aromatic N) is 3. The summed E-state index contributed by atoms with van der Waals surface area (Å²) < 4.78 is 1.83. The summed E-state index contributed by atoms with van der Waals surface area (Å²) in [5.41, 5.74) is 4.92. The molecule has 1 aromatic carbocycles. The van der Waals surface area contributed by atoms with Crippen LogP contribution < -0.4 is 5.32 Å². The molecule has 3 heterocycles. The fourth-order valence-corrected chi connectivity index (χ4v) is 2.96. The second-order valence-corrected chi connectivity index (χ2v) is 6.33. The molecule has 0 unspecified atom stereocenters. The Kier molecular flexibility index (Phi) is 4.01. The first-order chi connectivity index (χ1) is 12.6. The van der Waals surface area contributed by atoms with Crippen LogP contribution in [0.1, 0.15) is 27.2 Å². The molecule has 0 aliphatic rings. The van der Waals surface area contributed by atoms with Gasteiger partial charge in [0, 0.05) is 36.0 Å². The molecule has 4 rings (SSSR count). The third-order valence-electron chi connectivity index (χ3n) is 4.62. The Balaban J connectivity index is 1.51. The second kappa shape index (κ2) is 6.48. The van der Waals surface area contributed by atoms with Gasteiger partial charge >= 0.3 is 0 Å². The van der Waals surface area contributed by atoms with E-state index < -0.39 is 0 Å². The van der Waals surface area contributed by atoms with Gasteiger partial charge in [-0.25, -0.2) is 9.97 Å². The molecule has 0 atom stereocenters. The Morgan fingerprint density at radius 2 is 2.08 bits per heavy atom. The van der Waals surface area contributed by atoms with E-state index in [0.717, 1.165) is 22.3 Å². The van der Waals surface area contributed by atoms with E-state index in [0.29, 0.717) is 12.2 Å². The maximum atomic E-state index is 12.5. The molecule has 2 N–H and O–H groups in total. The van der Waals surface area contributed by atoms with Gasteiger partial charge < -0.3 is 10.3 Å². The van der Waals surface area contributed by atoms with Crippen molar-refractivity contribution in [3.63, 3.8) is 0 Å². The number of hydrogen-bond acceptors (Lipinski definition) is 3. The Labute approximate surface area is 150 Å². The molecule has 0 bridgehead atoms. The van der Waals surface area contributed by atoms with Crippen molar-refractivity contribution in [3.05, 3.63) is 77.6 Å². The SMILES string of the molecule is Cc1ccc2[nH]c(C(=O)NCc3ccnc(-n4ccnc4)c3)cc2c1C. The number of hydrogen-bond donors (Lipinski definition) is 2. The number of benzene rings is 1. The smallest absolute Gasteiger partial charge is 0.267 e. The molecule has 0 radical (unpaired) electrons. The highest BCUT2D eigenvalue weighted by atomic mass is 16.1. The summed E-state index contributed by atoms with van der Waals surface area (Å²) in [6.07, 6.45) is 6.96. The molecule has 26 heavy (non-hydrogen) atoms. The Morgan fingerprint density at radius 1 is 1.19 bits per heavy atom. The van der Waals surface area contributed by atoms with E-state index in [9.17, 15) is 4.79 Å². The summed E-state index contributed by atoms with van der Waals surface area (Å²) in [4.78, 5) is 24.1. The second-order valence-electron chi connectivity index (χ2n) is 6.33. The summed E-state index contributed by atoms with van der Waals surface area (Å²) in [6, 6.07) is 9.80. The minimum atomic E-state index is -0.126. The highest BCUT2D eigenvalue weighted by Crippen LogP contribution is 2.22. The Bertz CT molecular complexity index is 1080. The Hall–Kier alpha value is -3.41. The van der Waals surface area contributed by atoms with Gasteiger partial charge in [-0.05, 0) is 54.8 Å². The number of H-pyrrole nitrogens is 1. The molecule has 0 saturated heterocycles. The number of carbonyl (C=O) groups is 1. The Morgan fingerprint density at radius 3 is 2.88 bits per heavy atom. The highest BCUT2D eigenvalue weighted by Gasteiger charge is 2.11. The maximum absolute atomic E-state index is 12.5. The standard InChI is InChI=1S/C20H19N5O/c1-13-3-4-17-16(14(13)2)10-18(24-17)20(26)23-11-15-5-6-22-19(9-15)25-8-7-21-12-25/h3-10,12,24H,11H2,1-2H3,(H,23,26). The average Bonchev–Trinajstić information content (AvgIpc) is 3.33. The van der Waals surface area contributed by atoms with E-state index in [4.69, 9.17) is 0 Å². The van der Waals surface area contributed by atoms with Crippen molar-refractivity contribution in [2.24, 2.45) is 0 Å². The molecule has 3 aromatic heterocycles. The minimum absolute atomic E-state index is 0.126. The number of aromatic nitrogens is 4. The fourth-order valence-electron chi connectivity index (χ4n) is 2.96. The number of pyridine rings is 1. The first-order valence-corrected chi connectivity index (χ1v) is 8.42. The lowest BCUT2D eigenvalue weighted by atomic mass is 10.1. The lowest BCUT2D eigenvalue weighted by Crippen LogP contribution is -2.23. The zero-order chi connectivity index (χ0) is 18.1. The van der Waals surface area contributed by atoms with Crippen LogP contribution in [0.25, 0.3) is 16.7 Å². The number of aromatic amines is 1. The number of imidazole rings is 1. The lowest BCUT2D eigenvalue weighted by molar-refractivity contribution is 0.0946. The third-order valence-corrected chi connectivity index (χ3v) is 4.62. The number of rotatable bonds is 4. The zero-order valence-corrected chi connectivity index (χ0v) is 14.7. The van der Waals surface area contributed by atoms with Crippen LogP contribution in [-0.2, 0) is 6.54 Å². The quantitative estimate of drug-likeness (QED) is 0.596. The summed E-state index contributed by atoms with van der Waals surface area (Å²) in [6.45, 7) is 4.57. The van der Waals surface area contributed by atoms with Crippen molar-refractivity contribution in [2.75, 3.05) is 0 Å². The monoisotopic (exact) mass is 345 g/mol. The van der Waals surface area contributed by atoms with Gasteiger partial charge in [-0.2, -0.15) is 0 Å². The van der Waals surface area contributed by atoms with Gasteiger partial charge in [-0.15, -0.1) is 0 Å². The van der Waals surface area contributed by atoms with Crippen LogP contribution in [0.15, 0.2) is 55.2 Å². The van der Waals surface area contributed by atoms with Crippen LogP contribution in [0.4, 0.5) is 0 Å². The average molecular weight is 345 g/mol. The van der Waals surface area contributed by atoms with Gasteiger partial charge in [0.15, 0.2) is 0 Å². The lowest BCUT2D eigenvalue weighted by Gasteiger charge is -2.06. The van der Waals surface area contributed by atoms with Gasteiger partial charge in [0.25, 0.3) is 5.91 Å². The minimum Gasteiger partial charge on any atom is -0.351 e. The van der Waals surface area contributed by atoms with Crippen LogP contribution >= 0.6 is 0 Å². The first kappa shape index (κ1) is 16.1. The van der Waals surface area contributed by atoms with Gasteiger partial charge in [0.2, 0.25) is 0 Å². The van der Waals surface area contributed by atoms with Crippen molar-refractivity contribution in [2.45, 2.75) is 20.4 Å². The number of amides is 1. The molecule has 0 fully saturated rings. The molecule has 1 amide bonds. The maximum Gasteiger partial charge on any atom is 0.267 e. The summed E-state index contributed by atoms with van der Waals surface area (Å²) >= 11 is 0. The predicted molar refractivity (Wildman–Crippen MR) is 100 cm³/mol. The molecule has 6 nitrogen and oxygen atoms in total. The molecular formula is C20H19N5O. The first-order valence-electron chi connectivity index (χ1n) is 8.42. The van der Waals surface area contributed by atoms with Gasteiger partial charge in [-0.3, -0.25) is 9.36 Å². The van der Waals surface area contributed by atoms with Crippen LogP contribution in [0, 0.1) is 13.8 Å². The van der Waals surface area contributed by atoms with Crippen molar-refractivity contribution in [1.29, 1.82) is 0 Å². The molecule has 6 heteroatoms. The number of nitrogens with one attached hydrogen (secondary N) is 2. The molecule has 130 valence electrons. The summed E-state index contributed by atoms with van der Waals surface area (Å²) in [5.74, 6) is 0.644. The van der Waals surface area contributed by atoms with Gasteiger partial charge in [0.05, 0.1) is 0 Å². The van der Waals surface area contributed by atoms with E-state index >= 15 is 0 Å². The highest BCUT2D eigenvalue weighted by molar-refractivity contribution is 5.99. The zero-order valence-electron chi connectivity index (χ0n) is 14.7. The largest absolute Gasteiger partial charge is 0.351 e. The molecular weight excluding hydrogens is 326 g/mol. The molecule has 0 aliphatic heterocycles. The molecule has 4 aromatic rings. The van der Waals surface area contributed by atoms with E-state index in [-0.39, 0.29) is 5.91 Å². The van der Waals surface area contributed by atoms with Crippen LogP contribution in [0.2, 0.25) is 0 Å². The van der Waals surface area contributed by atoms with E-state index in [1.54, 1.807) is 18.7 Å². The van der Waals surface area contributed by atoms with E-state index in [1.807, 2.05) is 35.0 Å². The van der Waals surface area contributed by atoms with Gasteiger partial charge in [-0.1, -0.05) is 6.07 Å². The van der Waals surface area contributed by atoms with Crippen molar-refractivity contribution in [3.8, 4) is 5.82 Å². The summed E-state index contributed by atoms with van der Waals surface area (Å²) in [7, 11) is 0. The van der Waals surface area contributed by atoms with Crippen LogP contribution in [0.5, 0.6) is 0 Å². The molecule has 0 aliphatic carbocycles. The fraction of sp³-hybridized carbons (Fsp3) is 0.150. The van der Waals surface area contributed by atoms with Crippen LogP contribution in [-0.4, -0.2) is 25.4 Å². The summed E-state index contributed by atoms with van der Waals surface area (Å²) in [5, 5.41) is 4.04.